The number of halogens is 1. The van der Waals surface area contributed by atoms with Gasteiger partial charge in [-0.1, -0.05) is 17.3 Å². The Balaban J connectivity index is 1.67. The van der Waals surface area contributed by atoms with E-state index in [4.69, 9.17) is 4.52 Å². The number of rotatable bonds is 4. The van der Waals surface area contributed by atoms with E-state index in [1.807, 2.05) is 24.3 Å². The summed E-state index contributed by atoms with van der Waals surface area (Å²) in [5, 5.41) is 17.7. The molecule has 1 saturated heterocycles. The number of thioether (sulfide) groups is 1. The average Bonchev–Trinajstić information content (AvgIpc) is 2.97. The highest BCUT2D eigenvalue weighted by Crippen LogP contribution is 2.31. The monoisotopic (exact) mass is 369 g/mol. The minimum atomic E-state index is -0.978. The first-order valence-electron chi connectivity index (χ1n) is 6.81. The van der Waals surface area contributed by atoms with Crippen LogP contribution in [-0.2, 0) is 11.4 Å². The van der Waals surface area contributed by atoms with Crippen LogP contribution in [0.1, 0.15) is 24.6 Å². The number of benzene rings is 1. The van der Waals surface area contributed by atoms with Crippen LogP contribution in [0.15, 0.2) is 38.2 Å². The van der Waals surface area contributed by atoms with E-state index < -0.39 is 5.60 Å². The fourth-order valence-electron chi connectivity index (χ4n) is 2.26. The molecule has 2 aromatic rings. The number of piperidine rings is 1. The second-order valence-electron chi connectivity index (χ2n) is 5.02. The summed E-state index contributed by atoms with van der Waals surface area (Å²) in [6, 6.07) is 8.01. The second-order valence-corrected chi connectivity index (χ2v) is 6.89. The molecule has 0 amide bonds. The predicted molar refractivity (Wildman–Crippen MR) is 84.0 cm³/mol. The lowest BCUT2D eigenvalue weighted by molar-refractivity contribution is -0.0228. The van der Waals surface area contributed by atoms with Crippen LogP contribution in [0, 0.1) is 0 Å². The highest BCUT2D eigenvalue weighted by atomic mass is 79.9. The van der Waals surface area contributed by atoms with Gasteiger partial charge in [-0.2, -0.15) is 4.98 Å². The summed E-state index contributed by atoms with van der Waals surface area (Å²) in [6.07, 6.45) is 1.21. The van der Waals surface area contributed by atoms with Crippen LogP contribution in [0.2, 0.25) is 0 Å². The van der Waals surface area contributed by atoms with Crippen molar-refractivity contribution in [3.8, 4) is 0 Å². The van der Waals surface area contributed by atoms with E-state index in [1.165, 1.54) is 0 Å². The molecule has 2 heterocycles. The Hall–Kier alpha value is -0.890. The zero-order valence-corrected chi connectivity index (χ0v) is 13.8. The zero-order chi connectivity index (χ0) is 14.7. The van der Waals surface area contributed by atoms with Crippen LogP contribution >= 0.6 is 27.7 Å². The molecule has 3 rings (SSSR count). The van der Waals surface area contributed by atoms with Crippen LogP contribution in [0.25, 0.3) is 0 Å². The maximum atomic E-state index is 10.5. The first kappa shape index (κ1) is 15.0. The Kier molecular flexibility index (Phi) is 4.63. The third-order valence-electron chi connectivity index (χ3n) is 3.49. The van der Waals surface area contributed by atoms with Crippen molar-refractivity contribution in [1.29, 1.82) is 0 Å². The van der Waals surface area contributed by atoms with E-state index in [1.54, 1.807) is 11.8 Å². The third kappa shape index (κ3) is 3.48. The van der Waals surface area contributed by atoms with Gasteiger partial charge in [-0.05, 0) is 54.0 Å². The molecule has 7 heteroatoms. The summed E-state index contributed by atoms with van der Waals surface area (Å²) in [6.45, 7) is 1.53. The van der Waals surface area contributed by atoms with Crippen molar-refractivity contribution in [3.63, 3.8) is 0 Å². The molecule has 1 aromatic carbocycles. The van der Waals surface area contributed by atoms with E-state index in [0.29, 0.717) is 30.3 Å². The lowest BCUT2D eigenvalue weighted by Gasteiger charge is -2.28. The molecule has 0 radical (unpaired) electrons. The Labute approximate surface area is 135 Å². The third-order valence-corrected chi connectivity index (χ3v) is 5.51. The molecule has 0 saturated carbocycles. The molecule has 0 unspecified atom stereocenters. The molecular formula is C14H16BrN3O2S. The van der Waals surface area contributed by atoms with E-state index in [0.717, 1.165) is 22.5 Å². The Bertz CT molecular complexity index is 614. The highest BCUT2D eigenvalue weighted by Gasteiger charge is 2.36. The first-order chi connectivity index (χ1) is 10.2. The number of hydrogen-bond donors (Lipinski definition) is 2. The van der Waals surface area contributed by atoms with Crippen molar-refractivity contribution in [2.75, 3.05) is 13.1 Å². The second kappa shape index (κ2) is 6.48. The molecular weight excluding hydrogens is 354 g/mol. The summed E-state index contributed by atoms with van der Waals surface area (Å²) < 4.78 is 6.31. The van der Waals surface area contributed by atoms with E-state index in [-0.39, 0.29) is 0 Å². The van der Waals surface area contributed by atoms with Gasteiger partial charge in [0.05, 0.1) is 5.75 Å². The molecule has 2 N–H and O–H groups in total. The van der Waals surface area contributed by atoms with E-state index in [9.17, 15) is 5.11 Å². The van der Waals surface area contributed by atoms with Gasteiger partial charge in [0.1, 0.15) is 5.60 Å². The number of nitrogens with zero attached hydrogens (tertiary/aromatic N) is 2. The van der Waals surface area contributed by atoms with Crippen molar-refractivity contribution < 1.29 is 9.63 Å². The molecule has 0 bridgehead atoms. The van der Waals surface area contributed by atoms with Crippen molar-refractivity contribution in [2.45, 2.75) is 29.1 Å². The Morgan fingerprint density at radius 1 is 1.33 bits per heavy atom. The summed E-state index contributed by atoms with van der Waals surface area (Å²) in [5.41, 5.74) is -0.978. The van der Waals surface area contributed by atoms with Crippen molar-refractivity contribution >= 4 is 27.7 Å². The SMILES string of the molecule is OC1(c2nc(CSc3ccccc3Br)no2)CCNCC1. The van der Waals surface area contributed by atoms with Crippen molar-refractivity contribution in [3.05, 3.63) is 40.5 Å². The van der Waals surface area contributed by atoms with Gasteiger partial charge in [0, 0.05) is 9.37 Å². The molecule has 0 atom stereocenters. The van der Waals surface area contributed by atoms with Crippen LogP contribution in [0.3, 0.4) is 0 Å². The molecule has 1 aliphatic rings. The fourth-order valence-corrected chi connectivity index (χ4v) is 3.67. The van der Waals surface area contributed by atoms with E-state index in [2.05, 4.69) is 31.4 Å². The van der Waals surface area contributed by atoms with Crippen LogP contribution < -0.4 is 5.32 Å². The summed E-state index contributed by atoms with van der Waals surface area (Å²) in [7, 11) is 0. The van der Waals surface area contributed by atoms with Gasteiger partial charge in [0.25, 0.3) is 5.89 Å². The number of nitrogens with one attached hydrogen (secondary N) is 1. The van der Waals surface area contributed by atoms with Gasteiger partial charge >= 0.3 is 0 Å². The van der Waals surface area contributed by atoms with Gasteiger partial charge in [-0.25, -0.2) is 0 Å². The summed E-state index contributed by atoms with van der Waals surface area (Å²) in [5.74, 6) is 1.56. The zero-order valence-electron chi connectivity index (χ0n) is 11.4. The number of hydrogen-bond acceptors (Lipinski definition) is 6. The summed E-state index contributed by atoms with van der Waals surface area (Å²) >= 11 is 5.15. The molecule has 0 spiro atoms. The lowest BCUT2D eigenvalue weighted by Crippen LogP contribution is -2.39. The molecule has 21 heavy (non-hydrogen) atoms. The standard InChI is InChI=1S/C14H16BrN3O2S/c15-10-3-1-2-4-11(10)21-9-12-17-13(20-18-12)14(19)5-7-16-8-6-14/h1-4,16,19H,5-9H2. The average molecular weight is 370 g/mol. The van der Waals surface area contributed by atoms with Gasteiger partial charge in [0.15, 0.2) is 5.82 Å². The highest BCUT2D eigenvalue weighted by molar-refractivity contribution is 9.10. The lowest BCUT2D eigenvalue weighted by atomic mass is 9.92. The quantitative estimate of drug-likeness (QED) is 0.807. The van der Waals surface area contributed by atoms with Gasteiger partial charge in [0.2, 0.25) is 0 Å². The Morgan fingerprint density at radius 3 is 2.86 bits per heavy atom. The number of aliphatic hydroxyl groups is 1. The molecule has 1 aliphatic heterocycles. The maximum Gasteiger partial charge on any atom is 0.258 e. The largest absolute Gasteiger partial charge is 0.380 e. The predicted octanol–water partition coefficient (Wildman–Crippen LogP) is 2.70. The van der Waals surface area contributed by atoms with Crippen LogP contribution in [0.4, 0.5) is 0 Å². The molecule has 1 aromatic heterocycles. The minimum Gasteiger partial charge on any atom is -0.380 e. The first-order valence-corrected chi connectivity index (χ1v) is 8.59. The van der Waals surface area contributed by atoms with Crippen LogP contribution in [0.5, 0.6) is 0 Å². The molecule has 1 fully saturated rings. The number of aromatic nitrogens is 2. The molecule has 0 aliphatic carbocycles. The van der Waals surface area contributed by atoms with Crippen molar-refractivity contribution in [2.24, 2.45) is 0 Å². The van der Waals surface area contributed by atoms with Gasteiger partial charge in [-0.15, -0.1) is 11.8 Å². The molecule has 112 valence electrons. The smallest absolute Gasteiger partial charge is 0.258 e. The minimum absolute atomic E-state index is 0.340. The topological polar surface area (TPSA) is 71.2 Å². The fraction of sp³-hybridized carbons (Fsp3) is 0.429. The summed E-state index contributed by atoms with van der Waals surface area (Å²) in [4.78, 5) is 5.49. The Morgan fingerprint density at radius 2 is 2.10 bits per heavy atom. The molecule has 5 nitrogen and oxygen atoms in total. The van der Waals surface area contributed by atoms with Crippen LogP contribution in [-0.4, -0.2) is 28.3 Å². The maximum absolute atomic E-state index is 10.5. The van der Waals surface area contributed by atoms with Gasteiger partial charge < -0.3 is 14.9 Å². The van der Waals surface area contributed by atoms with Crippen molar-refractivity contribution in [1.82, 2.24) is 15.5 Å². The van der Waals surface area contributed by atoms with E-state index >= 15 is 0 Å². The normalized spacial score (nSPS) is 17.8. The van der Waals surface area contributed by atoms with Gasteiger partial charge in [-0.3, -0.25) is 0 Å².